The number of aromatic nitrogens is 4. The number of aromatic amines is 2. The molecule has 4 aromatic carbocycles. The highest BCUT2D eigenvalue weighted by atomic mass is 16.6. The molecule has 0 saturated carbocycles. The van der Waals surface area contributed by atoms with E-state index in [4.69, 9.17) is 14.7 Å². The summed E-state index contributed by atoms with van der Waals surface area (Å²) in [6, 6.07) is 47.5. The van der Waals surface area contributed by atoms with Crippen molar-refractivity contribution in [2.75, 3.05) is 7.11 Å². The molecule has 5 heterocycles. The van der Waals surface area contributed by atoms with Gasteiger partial charge in [-0.2, -0.15) is 0 Å². The number of fused-ring (bicyclic) bond motifs is 8. The van der Waals surface area contributed by atoms with E-state index >= 15 is 0 Å². The third-order valence-corrected chi connectivity index (χ3v) is 9.65. The Morgan fingerprint density at radius 1 is 0.423 bits per heavy atom. The molecule has 2 aliphatic rings. The normalized spacial score (nSPS) is 12.7. The van der Waals surface area contributed by atoms with Crippen molar-refractivity contribution in [2.45, 2.75) is 6.29 Å². The summed E-state index contributed by atoms with van der Waals surface area (Å²) in [7, 11) is 1.49. The molecule has 0 aliphatic carbocycles. The standard InChI is InChI=1S/C46H34N4O2/c1-52-46(51)33-19-17-32(18-20-33)45-40-27-25-38(49-40)43(30-13-7-3-8-14-30)36-23-21-34(47-36)42(29-11-5-2-6-12-29)35-22-24-37(48-35)44(31-15-9-4-10-16-31)39-26-28-41(45)50-39/h2-28,46-47,50-51H,1H3. The number of methoxy groups -OCH3 is 1. The van der Waals surface area contributed by atoms with Crippen LogP contribution in [0.2, 0.25) is 0 Å². The van der Waals surface area contributed by atoms with Gasteiger partial charge in [0.15, 0.2) is 6.29 Å². The van der Waals surface area contributed by atoms with E-state index in [1.54, 1.807) is 0 Å². The zero-order valence-corrected chi connectivity index (χ0v) is 28.4. The van der Waals surface area contributed by atoms with E-state index in [-0.39, 0.29) is 0 Å². The molecular weight excluding hydrogens is 641 g/mol. The number of benzene rings is 4. The van der Waals surface area contributed by atoms with Gasteiger partial charge >= 0.3 is 0 Å². The van der Waals surface area contributed by atoms with Crippen molar-refractivity contribution in [1.29, 1.82) is 0 Å². The average Bonchev–Trinajstić information content (AvgIpc) is 4.04. The number of nitrogens with one attached hydrogen (secondary N) is 2. The van der Waals surface area contributed by atoms with Crippen LogP contribution in [0.1, 0.15) is 34.6 Å². The molecule has 7 aromatic rings. The highest BCUT2D eigenvalue weighted by Gasteiger charge is 2.19. The number of hydrogen-bond acceptors (Lipinski definition) is 4. The van der Waals surface area contributed by atoms with Crippen LogP contribution in [0.5, 0.6) is 0 Å². The summed E-state index contributed by atoms with van der Waals surface area (Å²) in [5, 5.41) is 10.4. The number of H-pyrrole nitrogens is 2. The van der Waals surface area contributed by atoms with Crippen LogP contribution in [-0.2, 0) is 4.74 Å². The minimum atomic E-state index is -1.00. The third kappa shape index (κ3) is 5.66. The summed E-state index contributed by atoms with van der Waals surface area (Å²) in [6.45, 7) is 0. The van der Waals surface area contributed by atoms with Gasteiger partial charge in [0.1, 0.15) is 0 Å². The molecule has 250 valence electrons. The van der Waals surface area contributed by atoms with Gasteiger partial charge in [0, 0.05) is 57.0 Å². The molecule has 3 N–H and O–H groups in total. The first-order valence-corrected chi connectivity index (χ1v) is 17.3. The number of ether oxygens (including phenoxy) is 1. The minimum absolute atomic E-state index is 0.676. The van der Waals surface area contributed by atoms with E-state index in [1.807, 2.05) is 42.5 Å². The van der Waals surface area contributed by atoms with Gasteiger partial charge in [-0.3, -0.25) is 0 Å². The maximum Gasteiger partial charge on any atom is 0.180 e. The second kappa shape index (κ2) is 13.3. The number of rotatable bonds is 6. The lowest BCUT2D eigenvalue weighted by Crippen LogP contribution is -1.98. The van der Waals surface area contributed by atoms with Gasteiger partial charge in [0.2, 0.25) is 0 Å². The average molecular weight is 675 g/mol. The summed E-state index contributed by atoms with van der Waals surface area (Å²) in [5.41, 5.74) is 15.9. The summed E-state index contributed by atoms with van der Waals surface area (Å²) < 4.78 is 5.18. The lowest BCUT2D eigenvalue weighted by Gasteiger charge is -2.10. The van der Waals surface area contributed by atoms with Crippen molar-refractivity contribution in [2.24, 2.45) is 0 Å². The van der Waals surface area contributed by atoms with Gasteiger partial charge in [0.05, 0.1) is 22.8 Å². The van der Waals surface area contributed by atoms with Crippen molar-refractivity contribution >= 4 is 46.4 Å². The van der Waals surface area contributed by atoms with E-state index in [0.29, 0.717) is 5.56 Å². The van der Waals surface area contributed by atoms with Crippen molar-refractivity contribution < 1.29 is 9.84 Å². The van der Waals surface area contributed by atoms with Gasteiger partial charge in [-0.05, 0) is 70.8 Å². The molecule has 6 nitrogen and oxygen atoms in total. The van der Waals surface area contributed by atoms with Crippen molar-refractivity contribution in [1.82, 2.24) is 19.9 Å². The zero-order valence-electron chi connectivity index (χ0n) is 28.4. The molecule has 6 heteroatoms. The summed E-state index contributed by atoms with van der Waals surface area (Å²) in [4.78, 5) is 18.3. The van der Waals surface area contributed by atoms with Crippen molar-refractivity contribution in [3.63, 3.8) is 0 Å². The van der Waals surface area contributed by atoms with Crippen molar-refractivity contribution in [3.8, 4) is 44.5 Å². The van der Waals surface area contributed by atoms with Crippen LogP contribution in [0.4, 0.5) is 0 Å². The molecule has 52 heavy (non-hydrogen) atoms. The first kappa shape index (κ1) is 31.4. The summed E-state index contributed by atoms with van der Waals surface area (Å²) in [6.07, 6.45) is 7.40. The third-order valence-electron chi connectivity index (χ3n) is 9.65. The van der Waals surface area contributed by atoms with Gasteiger partial charge in [-0.15, -0.1) is 0 Å². The Labute approximate surface area is 301 Å². The molecule has 0 fully saturated rings. The maximum absolute atomic E-state index is 10.4. The Bertz CT molecular complexity index is 2620. The molecule has 3 aromatic heterocycles. The van der Waals surface area contributed by atoms with E-state index in [1.165, 1.54) is 7.11 Å². The molecule has 0 saturated heterocycles. The second-order valence-corrected chi connectivity index (χ2v) is 12.8. The Morgan fingerprint density at radius 3 is 1.04 bits per heavy atom. The summed E-state index contributed by atoms with van der Waals surface area (Å²) >= 11 is 0. The molecule has 1 unspecified atom stereocenters. The molecule has 0 amide bonds. The Hall–Kier alpha value is -6.60. The van der Waals surface area contributed by atoms with Crippen LogP contribution in [-0.4, -0.2) is 32.2 Å². The molecular formula is C46H34N4O2. The first-order chi connectivity index (χ1) is 25.6. The van der Waals surface area contributed by atoms with Gasteiger partial charge < -0.3 is 19.8 Å². The monoisotopic (exact) mass is 674 g/mol. The molecule has 0 radical (unpaired) electrons. The lowest BCUT2D eigenvalue weighted by molar-refractivity contribution is -0.0769. The fourth-order valence-corrected chi connectivity index (χ4v) is 7.19. The SMILES string of the molecule is COC(O)c1ccc(-c2c3nc(c(-c4ccccc4)c4ccc([nH]4)c(-c4ccccc4)c4nc(c(-c5ccccc5)c5ccc2[nH]5)C=C4)C=C3)cc1. The topological polar surface area (TPSA) is 86.8 Å². The van der Waals surface area contributed by atoms with E-state index < -0.39 is 6.29 Å². The van der Waals surface area contributed by atoms with Gasteiger partial charge in [-0.1, -0.05) is 115 Å². The molecule has 2 aliphatic heterocycles. The molecule has 1 atom stereocenters. The fraction of sp³-hybridized carbons (Fsp3) is 0.0435. The van der Waals surface area contributed by atoms with E-state index in [2.05, 4.69) is 131 Å². The Kier molecular flexibility index (Phi) is 8.01. The smallest absolute Gasteiger partial charge is 0.180 e. The van der Waals surface area contributed by atoms with Gasteiger partial charge in [0.25, 0.3) is 0 Å². The Morgan fingerprint density at radius 2 is 0.731 bits per heavy atom. The van der Waals surface area contributed by atoms with E-state index in [9.17, 15) is 5.11 Å². The molecule has 8 bridgehead atoms. The number of aliphatic hydroxyl groups is 1. The van der Waals surface area contributed by atoms with Crippen LogP contribution in [0.25, 0.3) is 90.9 Å². The predicted molar refractivity (Wildman–Crippen MR) is 213 cm³/mol. The second-order valence-electron chi connectivity index (χ2n) is 12.8. The van der Waals surface area contributed by atoms with Crippen LogP contribution < -0.4 is 0 Å². The minimum Gasteiger partial charge on any atom is -0.364 e. The Balaban J connectivity index is 1.44. The highest BCUT2D eigenvalue weighted by molar-refractivity contribution is 5.99. The number of nitrogens with zero attached hydrogens (tertiary/aromatic N) is 2. The number of aliphatic hydroxyl groups excluding tert-OH is 1. The predicted octanol–water partition coefficient (Wildman–Crippen LogP) is 11.0. The van der Waals surface area contributed by atoms with E-state index in [0.717, 1.165) is 89.4 Å². The first-order valence-electron chi connectivity index (χ1n) is 17.3. The highest BCUT2D eigenvalue weighted by Crippen LogP contribution is 2.38. The number of hydrogen-bond donors (Lipinski definition) is 3. The quantitative estimate of drug-likeness (QED) is 0.153. The zero-order chi connectivity index (χ0) is 35.0. The fourth-order valence-electron chi connectivity index (χ4n) is 7.19. The summed E-state index contributed by atoms with van der Waals surface area (Å²) in [5.74, 6) is 0. The lowest BCUT2D eigenvalue weighted by atomic mass is 10.0. The largest absolute Gasteiger partial charge is 0.364 e. The van der Waals surface area contributed by atoms with Crippen LogP contribution in [0.3, 0.4) is 0 Å². The molecule has 0 spiro atoms. The van der Waals surface area contributed by atoms with Crippen LogP contribution in [0.15, 0.2) is 140 Å². The van der Waals surface area contributed by atoms with Crippen LogP contribution >= 0.6 is 0 Å². The van der Waals surface area contributed by atoms with Crippen LogP contribution in [0, 0.1) is 0 Å². The van der Waals surface area contributed by atoms with Crippen molar-refractivity contribution in [3.05, 3.63) is 168 Å². The maximum atomic E-state index is 10.4. The molecule has 9 rings (SSSR count). The van der Waals surface area contributed by atoms with Gasteiger partial charge in [-0.25, -0.2) is 9.97 Å².